The third kappa shape index (κ3) is 2.76. The predicted molar refractivity (Wildman–Crippen MR) is 81.7 cm³/mol. The molecule has 5 heteroatoms. The van der Waals surface area contributed by atoms with Gasteiger partial charge < -0.3 is 9.72 Å². The van der Waals surface area contributed by atoms with Crippen LogP contribution in [0.25, 0.3) is 11.0 Å². The molecule has 0 amide bonds. The summed E-state index contributed by atoms with van der Waals surface area (Å²) in [7, 11) is 1.36. The first-order chi connectivity index (χ1) is 10.2. The van der Waals surface area contributed by atoms with E-state index in [-0.39, 0.29) is 5.97 Å². The molecule has 0 saturated heterocycles. The minimum absolute atomic E-state index is 0.388. The molecule has 0 fully saturated rings. The molecule has 1 heterocycles. The summed E-state index contributed by atoms with van der Waals surface area (Å²) >= 11 is 5.98. The summed E-state index contributed by atoms with van der Waals surface area (Å²) in [5, 5.41) is 0.693. The molecule has 0 radical (unpaired) electrons. The molecule has 3 aromatic rings. The number of benzene rings is 2. The lowest BCUT2D eigenvalue weighted by molar-refractivity contribution is 0.0603. The van der Waals surface area contributed by atoms with E-state index in [1.165, 1.54) is 7.11 Å². The Morgan fingerprint density at radius 1 is 1.29 bits per heavy atom. The summed E-state index contributed by atoms with van der Waals surface area (Å²) in [5.74, 6) is 0.394. The Balaban J connectivity index is 1.99. The molecule has 1 aromatic heterocycles. The number of fused-ring (bicyclic) bond motifs is 1. The number of nitrogens with zero attached hydrogens (tertiary/aromatic N) is 1. The second-order valence-electron chi connectivity index (χ2n) is 4.68. The van der Waals surface area contributed by atoms with Gasteiger partial charge in [0, 0.05) is 11.4 Å². The number of esters is 1. The highest BCUT2D eigenvalue weighted by Crippen LogP contribution is 2.20. The van der Waals surface area contributed by atoms with Gasteiger partial charge in [0.2, 0.25) is 0 Å². The maximum Gasteiger partial charge on any atom is 0.340 e. The Bertz CT molecular complexity index is 811. The number of aromatic amines is 1. The number of carbonyl (C=O) groups excluding carboxylic acids is 1. The number of hydrogen-bond acceptors (Lipinski definition) is 3. The van der Waals surface area contributed by atoms with Crippen LogP contribution in [0.15, 0.2) is 42.5 Å². The SMILES string of the molecule is COC(=O)c1cccc2[nH]c(Cc3cccc(Cl)c3)nc12. The molecule has 0 aliphatic heterocycles. The van der Waals surface area contributed by atoms with E-state index in [4.69, 9.17) is 16.3 Å². The Kier molecular flexibility index (Phi) is 3.62. The van der Waals surface area contributed by atoms with E-state index in [2.05, 4.69) is 9.97 Å². The van der Waals surface area contributed by atoms with Gasteiger partial charge in [-0.2, -0.15) is 0 Å². The van der Waals surface area contributed by atoms with Gasteiger partial charge in [0.1, 0.15) is 11.3 Å². The number of hydrogen-bond donors (Lipinski definition) is 1. The Hall–Kier alpha value is -2.33. The molecule has 4 nitrogen and oxygen atoms in total. The van der Waals surface area contributed by atoms with Crippen molar-refractivity contribution in [1.82, 2.24) is 9.97 Å². The van der Waals surface area contributed by atoms with Crippen molar-refractivity contribution in [2.24, 2.45) is 0 Å². The normalized spacial score (nSPS) is 10.8. The first-order valence-corrected chi connectivity index (χ1v) is 6.85. The van der Waals surface area contributed by atoms with Gasteiger partial charge in [0.15, 0.2) is 0 Å². The minimum atomic E-state index is -0.388. The molecule has 106 valence electrons. The zero-order valence-corrected chi connectivity index (χ0v) is 12.1. The van der Waals surface area contributed by atoms with Crippen molar-refractivity contribution in [2.45, 2.75) is 6.42 Å². The third-order valence-corrected chi connectivity index (χ3v) is 3.46. The first kappa shape index (κ1) is 13.6. The van der Waals surface area contributed by atoms with Crippen molar-refractivity contribution in [2.75, 3.05) is 7.11 Å². The van der Waals surface area contributed by atoms with Crippen molar-refractivity contribution < 1.29 is 9.53 Å². The first-order valence-electron chi connectivity index (χ1n) is 6.48. The minimum Gasteiger partial charge on any atom is -0.465 e. The van der Waals surface area contributed by atoms with Crippen molar-refractivity contribution in [3.05, 3.63) is 64.4 Å². The van der Waals surface area contributed by atoms with Gasteiger partial charge in [-0.15, -0.1) is 0 Å². The van der Waals surface area contributed by atoms with Gasteiger partial charge in [-0.05, 0) is 29.8 Å². The second kappa shape index (κ2) is 5.58. The topological polar surface area (TPSA) is 55.0 Å². The van der Waals surface area contributed by atoms with Crippen LogP contribution in [0.2, 0.25) is 5.02 Å². The molecule has 0 spiro atoms. The number of aromatic nitrogens is 2. The van der Waals surface area contributed by atoms with Crippen molar-refractivity contribution in [3.63, 3.8) is 0 Å². The summed E-state index contributed by atoms with van der Waals surface area (Å²) in [6, 6.07) is 13.0. The van der Waals surface area contributed by atoms with E-state index in [0.717, 1.165) is 16.9 Å². The van der Waals surface area contributed by atoms with Crippen LogP contribution in [0.3, 0.4) is 0 Å². The number of ether oxygens (including phenoxy) is 1. The number of H-pyrrole nitrogens is 1. The van der Waals surface area contributed by atoms with Crippen LogP contribution in [0.1, 0.15) is 21.7 Å². The summed E-state index contributed by atoms with van der Waals surface area (Å²) in [4.78, 5) is 19.5. The highest BCUT2D eigenvalue weighted by atomic mass is 35.5. The van der Waals surface area contributed by atoms with Crippen LogP contribution >= 0.6 is 11.6 Å². The van der Waals surface area contributed by atoms with E-state index in [0.29, 0.717) is 22.5 Å². The van der Waals surface area contributed by atoms with Crippen LogP contribution in [-0.4, -0.2) is 23.0 Å². The molecule has 0 unspecified atom stereocenters. The lowest BCUT2D eigenvalue weighted by Gasteiger charge is -1.99. The summed E-state index contributed by atoms with van der Waals surface area (Å²) in [6.07, 6.45) is 0.621. The molecule has 0 saturated carbocycles. The molecule has 0 atom stereocenters. The van der Waals surface area contributed by atoms with Crippen molar-refractivity contribution in [1.29, 1.82) is 0 Å². The molecule has 3 rings (SSSR count). The highest BCUT2D eigenvalue weighted by Gasteiger charge is 2.14. The Labute approximate surface area is 126 Å². The maximum absolute atomic E-state index is 11.7. The average Bonchev–Trinajstić information content (AvgIpc) is 2.88. The molecular formula is C16H13ClN2O2. The molecule has 0 aliphatic carbocycles. The van der Waals surface area contributed by atoms with Gasteiger partial charge in [0.05, 0.1) is 18.2 Å². The third-order valence-electron chi connectivity index (χ3n) is 3.23. The van der Waals surface area contributed by atoms with Crippen molar-refractivity contribution >= 4 is 28.6 Å². The number of carbonyl (C=O) groups is 1. The predicted octanol–water partition coefficient (Wildman–Crippen LogP) is 3.59. The standard InChI is InChI=1S/C16H13ClN2O2/c1-21-16(20)12-6-3-7-13-15(12)19-14(18-13)9-10-4-2-5-11(17)8-10/h2-8H,9H2,1H3,(H,18,19). The van der Waals surface area contributed by atoms with Crippen molar-refractivity contribution in [3.8, 4) is 0 Å². The van der Waals surface area contributed by atoms with Gasteiger partial charge in [0.25, 0.3) is 0 Å². The Morgan fingerprint density at radius 3 is 2.86 bits per heavy atom. The number of imidazole rings is 1. The highest BCUT2D eigenvalue weighted by molar-refractivity contribution is 6.30. The van der Waals surface area contributed by atoms with Crippen LogP contribution in [0.4, 0.5) is 0 Å². The zero-order valence-electron chi connectivity index (χ0n) is 11.4. The number of para-hydroxylation sites is 1. The largest absolute Gasteiger partial charge is 0.465 e. The fourth-order valence-electron chi connectivity index (χ4n) is 2.28. The lowest BCUT2D eigenvalue weighted by Crippen LogP contribution is -2.01. The molecule has 2 aromatic carbocycles. The molecule has 1 N–H and O–H groups in total. The summed E-state index contributed by atoms with van der Waals surface area (Å²) < 4.78 is 4.78. The van der Waals surface area contributed by atoms with Crippen LogP contribution in [0.5, 0.6) is 0 Å². The number of methoxy groups -OCH3 is 1. The summed E-state index contributed by atoms with van der Waals surface area (Å²) in [5.41, 5.74) is 2.96. The fraction of sp³-hybridized carbons (Fsp3) is 0.125. The van der Waals surface area contributed by atoms with E-state index in [9.17, 15) is 4.79 Å². The number of rotatable bonds is 3. The Morgan fingerprint density at radius 2 is 2.10 bits per heavy atom. The van der Waals surface area contributed by atoms with Gasteiger partial charge in [-0.25, -0.2) is 9.78 Å². The molecule has 0 bridgehead atoms. The van der Waals surface area contributed by atoms with Crippen LogP contribution in [0, 0.1) is 0 Å². The maximum atomic E-state index is 11.7. The van der Waals surface area contributed by atoms with Crippen LogP contribution < -0.4 is 0 Å². The quantitative estimate of drug-likeness (QED) is 0.752. The van der Waals surface area contributed by atoms with Gasteiger partial charge >= 0.3 is 5.97 Å². The molecule has 21 heavy (non-hydrogen) atoms. The molecule has 0 aliphatic rings. The number of halogens is 1. The fourth-order valence-corrected chi connectivity index (χ4v) is 2.49. The lowest BCUT2D eigenvalue weighted by atomic mass is 10.1. The summed E-state index contributed by atoms with van der Waals surface area (Å²) in [6.45, 7) is 0. The zero-order chi connectivity index (χ0) is 14.8. The van der Waals surface area contributed by atoms with E-state index >= 15 is 0 Å². The van der Waals surface area contributed by atoms with Crippen LogP contribution in [-0.2, 0) is 11.2 Å². The second-order valence-corrected chi connectivity index (χ2v) is 5.12. The van der Waals surface area contributed by atoms with Gasteiger partial charge in [-0.3, -0.25) is 0 Å². The van der Waals surface area contributed by atoms with E-state index in [1.54, 1.807) is 12.1 Å². The molecular weight excluding hydrogens is 288 g/mol. The number of nitrogens with one attached hydrogen (secondary N) is 1. The van der Waals surface area contributed by atoms with Gasteiger partial charge in [-0.1, -0.05) is 29.8 Å². The van der Waals surface area contributed by atoms with E-state index in [1.807, 2.05) is 30.3 Å². The smallest absolute Gasteiger partial charge is 0.340 e. The monoisotopic (exact) mass is 300 g/mol. The van der Waals surface area contributed by atoms with E-state index < -0.39 is 0 Å². The average molecular weight is 301 g/mol.